The highest BCUT2D eigenvalue weighted by Crippen LogP contribution is 2.37. The van der Waals surface area contributed by atoms with Crippen molar-refractivity contribution in [1.29, 1.82) is 0 Å². The predicted octanol–water partition coefficient (Wildman–Crippen LogP) is 2.96. The van der Waals surface area contributed by atoms with Crippen LogP contribution in [0.3, 0.4) is 0 Å². The summed E-state index contributed by atoms with van der Waals surface area (Å²) in [5.41, 5.74) is 9.25. The smallest absolute Gasteiger partial charge is 0.315 e. The van der Waals surface area contributed by atoms with Crippen LogP contribution in [0.15, 0.2) is 35.4 Å². The maximum Gasteiger partial charge on any atom is 0.315 e. The number of nitrogens with one attached hydrogen (secondary N) is 1. The summed E-state index contributed by atoms with van der Waals surface area (Å²) in [6.45, 7) is 2.05. The van der Waals surface area contributed by atoms with E-state index in [9.17, 15) is 14.9 Å². The summed E-state index contributed by atoms with van der Waals surface area (Å²) in [5.74, 6) is -0.205. The molecule has 150 valence electrons. The number of hydrogen-bond acceptors (Lipinski definition) is 9. The van der Waals surface area contributed by atoms with E-state index in [4.69, 9.17) is 15.2 Å². The van der Waals surface area contributed by atoms with Crippen molar-refractivity contribution in [1.82, 2.24) is 10.4 Å². The lowest BCUT2D eigenvalue weighted by atomic mass is 10.2. The van der Waals surface area contributed by atoms with Gasteiger partial charge in [0, 0.05) is 17.2 Å². The quantitative estimate of drug-likeness (QED) is 0.343. The molecule has 1 aromatic heterocycles. The fourth-order valence-corrected chi connectivity index (χ4v) is 3.37. The van der Waals surface area contributed by atoms with Gasteiger partial charge in [0.15, 0.2) is 10.9 Å². The van der Waals surface area contributed by atoms with Gasteiger partial charge in [0.1, 0.15) is 0 Å². The van der Waals surface area contributed by atoms with Crippen molar-refractivity contribution in [2.45, 2.75) is 6.92 Å². The van der Waals surface area contributed by atoms with Crippen LogP contribution in [-0.2, 0) is 0 Å². The van der Waals surface area contributed by atoms with E-state index in [1.165, 1.54) is 36.8 Å². The molecule has 0 radical (unpaired) electrons. The molecule has 3 rings (SSSR count). The number of nitro groups is 1. The number of carbonyl (C=O) groups excluding carboxylic acids is 1. The average Bonchev–Trinajstić information content (AvgIpc) is 3.06. The highest BCUT2D eigenvalue weighted by molar-refractivity contribution is 7.22. The van der Waals surface area contributed by atoms with E-state index in [2.05, 4.69) is 15.5 Å². The Hall–Kier alpha value is -3.73. The lowest BCUT2D eigenvalue weighted by Gasteiger charge is -2.10. The van der Waals surface area contributed by atoms with Crippen molar-refractivity contribution in [3.05, 3.63) is 51.6 Å². The third-order valence-corrected chi connectivity index (χ3v) is 4.65. The minimum Gasteiger partial charge on any atom is -0.490 e. The first-order valence-corrected chi connectivity index (χ1v) is 9.23. The van der Waals surface area contributed by atoms with Crippen LogP contribution in [0.25, 0.3) is 10.2 Å². The summed E-state index contributed by atoms with van der Waals surface area (Å²) in [5, 5.41) is 15.6. The average molecular weight is 415 g/mol. The number of benzene rings is 2. The molecule has 3 N–H and O–H groups in total. The number of hydrazone groups is 1. The van der Waals surface area contributed by atoms with Gasteiger partial charge in [-0.05, 0) is 31.2 Å². The van der Waals surface area contributed by atoms with E-state index in [-0.39, 0.29) is 17.2 Å². The Balaban J connectivity index is 1.81. The number of fused-ring (bicyclic) bond motifs is 1. The zero-order chi connectivity index (χ0) is 21.0. The molecule has 0 fully saturated rings. The Morgan fingerprint density at radius 2 is 2.21 bits per heavy atom. The topological polar surface area (TPSA) is 142 Å². The zero-order valence-corrected chi connectivity index (χ0v) is 16.4. The van der Waals surface area contributed by atoms with E-state index >= 15 is 0 Å². The number of carbonyl (C=O) groups is 1. The van der Waals surface area contributed by atoms with Crippen molar-refractivity contribution in [2.75, 3.05) is 19.5 Å². The summed E-state index contributed by atoms with van der Waals surface area (Å²) in [6.07, 6.45) is 1.29. The maximum absolute atomic E-state index is 12.3. The minimum absolute atomic E-state index is 0.0233. The minimum atomic E-state index is -0.576. The molecule has 29 heavy (non-hydrogen) atoms. The van der Waals surface area contributed by atoms with Gasteiger partial charge in [-0.3, -0.25) is 14.9 Å². The lowest BCUT2D eigenvalue weighted by molar-refractivity contribution is -0.385. The number of nitrogen functional groups attached to an aromatic ring is 1. The molecule has 0 aliphatic heterocycles. The van der Waals surface area contributed by atoms with Crippen LogP contribution in [0.5, 0.6) is 11.5 Å². The second-order valence-electron chi connectivity index (χ2n) is 5.70. The number of thiazole rings is 1. The molecule has 0 spiro atoms. The lowest BCUT2D eigenvalue weighted by Crippen LogP contribution is -2.17. The SMILES string of the molecule is CCOc1cc(/C=N\NC(=O)c2ccc3nc(N)sc3c2)cc([N+](=O)[O-])c1OC. The van der Waals surface area contributed by atoms with Gasteiger partial charge in [-0.2, -0.15) is 5.10 Å². The number of hydrogen-bond donors (Lipinski definition) is 2. The van der Waals surface area contributed by atoms with E-state index in [1.807, 2.05) is 0 Å². The Kier molecular flexibility index (Phi) is 5.88. The monoisotopic (exact) mass is 415 g/mol. The number of nitro benzene ring substituents is 1. The van der Waals surface area contributed by atoms with Crippen LogP contribution in [0, 0.1) is 10.1 Å². The largest absolute Gasteiger partial charge is 0.490 e. The molecular formula is C18H17N5O5S. The van der Waals surface area contributed by atoms with Gasteiger partial charge in [0.25, 0.3) is 5.91 Å². The number of nitrogens with two attached hydrogens (primary N) is 1. The Morgan fingerprint density at radius 3 is 2.90 bits per heavy atom. The van der Waals surface area contributed by atoms with Crippen molar-refractivity contribution in [3.8, 4) is 11.5 Å². The first kappa shape index (κ1) is 20.0. The molecule has 0 unspecified atom stereocenters. The van der Waals surface area contributed by atoms with Crippen molar-refractivity contribution in [2.24, 2.45) is 5.10 Å². The number of amides is 1. The van der Waals surface area contributed by atoms with Gasteiger partial charge in [-0.1, -0.05) is 11.3 Å². The Bertz CT molecular complexity index is 1110. The third kappa shape index (κ3) is 4.41. The molecular weight excluding hydrogens is 398 g/mol. The van der Waals surface area contributed by atoms with E-state index < -0.39 is 10.8 Å². The van der Waals surface area contributed by atoms with Gasteiger partial charge in [-0.15, -0.1) is 0 Å². The summed E-state index contributed by atoms with van der Waals surface area (Å²) < 4.78 is 11.3. The van der Waals surface area contributed by atoms with Crippen LogP contribution in [0.4, 0.5) is 10.8 Å². The number of nitrogens with zero attached hydrogens (tertiary/aromatic N) is 3. The molecule has 3 aromatic rings. The predicted molar refractivity (Wildman–Crippen MR) is 110 cm³/mol. The molecule has 10 nitrogen and oxygen atoms in total. The van der Waals surface area contributed by atoms with Crippen LogP contribution in [0.2, 0.25) is 0 Å². The van der Waals surface area contributed by atoms with Gasteiger partial charge in [0.2, 0.25) is 5.75 Å². The molecule has 2 aromatic carbocycles. The summed E-state index contributed by atoms with van der Waals surface area (Å²) in [6, 6.07) is 7.79. The van der Waals surface area contributed by atoms with Crippen molar-refractivity contribution < 1.29 is 19.2 Å². The molecule has 0 aliphatic carbocycles. The molecule has 0 saturated heterocycles. The molecule has 1 heterocycles. The van der Waals surface area contributed by atoms with Crippen LogP contribution < -0.4 is 20.6 Å². The van der Waals surface area contributed by atoms with Crippen LogP contribution in [0.1, 0.15) is 22.8 Å². The second-order valence-corrected chi connectivity index (χ2v) is 6.76. The van der Waals surface area contributed by atoms with E-state index in [1.54, 1.807) is 25.1 Å². The first-order valence-electron chi connectivity index (χ1n) is 8.41. The summed E-state index contributed by atoms with van der Waals surface area (Å²) >= 11 is 1.28. The Morgan fingerprint density at radius 1 is 1.41 bits per heavy atom. The van der Waals surface area contributed by atoms with Crippen molar-refractivity contribution >= 4 is 44.5 Å². The molecule has 0 saturated carbocycles. The highest BCUT2D eigenvalue weighted by Gasteiger charge is 2.21. The second kappa shape index (κ2) is 8.52. The fraction of sp³-hybridized carbons (Fsp3) is 0.167. The highest BCUT2D eigenvalue weighted by atomic mass is 32.1. The molecule has 11 heteroatoms. The summed E-state index contributed by atoms with van der Waals surface area (Å²) in [7, 11) is 1.33. The first-order chi connectivity index (χ1) is 13.9. The number of methoxy groups -OCH3 is 1. The van der Waals surface area contributed by atoms with E-state index in [0.29, 0.717) is 28.4 Å². The van der Waals surface area contributed by atoms with Crippen LogP contribution >= 0.6 is 11.3 Å². The summed E-state index contributed by atoms with van der Waals surface area (Å²) in [4.78, 5) is 27.2. The molecule has 0 bridgehead atoms. The number of ether oxygens (including phenoxy) is 2. The van der Waals surface area contributed by atoms with Crippen LogP contribution in [-0.4, -0.2) is 35.7 Å². The fourth-order valence-electron chi connectivity index (χ4n) is 2.60. The van der Waals surface area contributed by atoms with E-state index in [0.717, 1.165) is 4.70 Å². The molecule has 0 aliphatic rings. The normalized spacial score (nSPS) is 11.0. The maximum atomic E-state index is 12.3. The van der Waals surface area contributed by atoms with Gasteiger partial charge < -0.3 is 15.2 Å². The zero-order valence-electron chi connectivity index (χ0n) is 15.5. The molecule has 1 amide bonds. The third-order valence-electron chi connectivity index (χ3n) is 3.81. The molecule has 0 atom stereocenters. The van der Waals surface area contributed by atoms with Crippen molar-refractivity contribution in [3.63, 3.8) is 0 Å². The number of anilines is 1. The standard InChI is InChI=1S/C18H17N5O5S/c1-3-28-14-7-10(6-13(23(25)26)16(14)27-2)9-20-22-17(24)11-4-5-12-15(8-11)29-18(19)21-12/h4-9H,3H2,1-2H3,(H2,19,21)(H,22,24)/b20-9-. The Labute approximate surface area is 169 Å². The number of rotatable bonds is 7. The van der Waals surface area contributed by atoms with Gasteiger partial charge in [0.05, 0.1) is 35.1 Å². The number of aromatic nitrogens is 1. The van der Waals surface area contributed by atoms with Gasteiger partial charge >= 0.3 is 5.69 Å². The van der Waals surface area contributed by atoms with Gasteiger partial charge in [-0.25, -0.2) is 10.4 Å².